The van der Waals surface area contributed by atoms with Crippen molar-refractivity contribution in [3.8, 4) is 11.8 Å². The molecule has 0 aliphatic rings. The van der Waals surface area contributed by atoms with E-state index in [0.29, 0.717) is 6.04 Å². The first-order valence-corrected chi connectivity index (χ1v) is 7.21. The Hall–Kier alpha value is -2.31. The Balaban J connectivity index is 2.03. The Morgan fingerprint density at radius 2 is 1.81 bits per heavy atom. The van der Waals surface area contributed by atoms with E-state index >= 15 is 0 Å². The van der Waals surface area contributed by atoms with Gasteiger partial charge in [0.15, 0.2) is 6.61 Å². The molecule has 1 unspecified atom stereocenters. The highest BCUT2D eigenvalue weighted by atomic mass is 16.5. The first kappa shape index (κ1) is 15.1. The van der Waals surface area contributed by atoms with Crippen LogP contribution in [0.3, 0.4) is 0 Å². The maximum atomic E-state index is 8.63. The smallest absolute Gasteiger partial charge is 0.174 e. The van der Waals surface area contributed by atoms with Crippen molar-refractivity contribution in [2.45, 2.75) is 25.9 Å². The molecule has 21 heavy (non-hydrogen) atoms. The zero-order chi connectivity index (χ0) is 14.9. The van der Waals surface area contributed by atoms with Crippen LogP contribution >= 0.6 is 0 Å². The number of nitrogens with one attached hydrogen (secondary N) is 1. The highest BCUT2D eigenvalue weighted by Crippen LogP contribution is 2.21. The zero-order valence-electron chi connectivity index (χ0n) is 12.3. The number of hydrogen-bond donors (Lipinski definition) is 1. The van der Waals surface area contributed by atoms with E-state index in [0.717, 1.165) is 24.3 Å². The van der Waals surface area contributed by atoms with Crippen molar-refractivity contribution in [2.75, 3.05) is 6.61 Å². The highest BCUT2D eigenvalue weighted by molar-refractivity contribution is 5.33. The molecule has 0 spiro atoms. The summed E-state index contributed by atoms with van der Waals surface area (Å²) in [4.78, 5) is 0. The topological polar surface area (TPSA) is 45.0 Å². The lowest BCUT2D eigenvalue weighted by Crippen LogP contribution is -2.20. The van der Waals surface area contributed by atoms with E-state index in [9.17, 15) is 0 Å². The number of ether oxygens (including phenoxy) is 1. The molecule has 0 radical (unpaired) electrons. The van der Waals surface area contributed by atoms with Crippen LogP contribution in [0.15, 0.2) is 54.6 Å². The second-order valence-electron chi connectivity index (χ2n) is 4.81. The van der Waals surface area contributed by atoms with Crippen molar-refractivity contribution >= 4 is 0 Å². The molecule has 0 aliphatic heterocycles. The molecule has 2 rings (SSSR count). The molecule has 3 heteroatoms. The fourth-order valence-corrected chi connectivity index (χ4v) is 2.32. The molecule has 0 fully saturated rings. The minimum absolute atomic E-state index is 0.0763. The summed E-state index contributed by atoms with van der Waals surface area (Å²) in [5.74, 6) is 0.773. The van der Waals surface area contributed by atoms with E-state index in [-0.39, 0.29) is 6.61 Å². The number of benzene rings is 2. The summed E-state index contributed by atoms with van der Waals surface area (Å²) in [5, 5.41) is 12.2. The van der Waals surface area contributed by atoms with Crippen molar-refractivity contribution in [3.63, 3.8) is 0 Å². The second kappa shape index (κ2) is 8.08. The third-order valence-corrected chi connectivity index (χ3v) is 3.41. The quantitative estimate of drug-likeness (QED) is 0.838. The monoisotopic (exact) mass is 280 g/mol. The summed E-state index contributed by atoms with van der Waals surface area (Å²) in [6, 6.07) is 20.6. The molecule has 2 aromatic rings. The van der Waals surface area contributed by atoms with Crippen LogP contribution in [0.2, 0.25) is 0 Å². The fourth-order valence-electron chi connectivity index (χ4n) is 2.32. The van der Waals surface area contributed by atoms with Crippen LogP contribution in [0.4, 0.5) is 0 Å². The van der Waals surface area contributed by atoms with Gasteiger partial charge in [-0.05, 0) is 18.1 Å². The first-order valence-electron chi connectivity index (χ1n) is 7.21. The van der Waals surface area contributed by atoms with Gasteiger partial charge in [0.25, 0.3) is 0 Å². The van der Waals surface area contributed by atoms with Gasteiger partial charge in [0.05, 0.1) is 0 Å². The molecule has 0 saturated heterocycles. The summed E-state index contributed by atoms with van der Waals surface area (Å²) < 4.78 is 5.46. The van der Waals surface area contributed by atoms with Crippen LogP contribution in [0, 0.1) is 11.3 Å². The van der Waals surface area contributed by atoms with Gasteiger partial charge in [-0.15, -0.1) is 0 Å². The van der Waals surface area contributed by atoms with Gasteiger partial charge in [-0.25, -0.2) is 0 Å². The molecule has 0 saturated carbocycles. The van der Waals surface area contributed by atoms with Gasteiger partial charge in [-0.1, -0.05) is 55.5 Å². The molecule has 0 aromatic heterocycles. The highest BCUT2D eigenvalue weighted by Gasteiger charge is 2.09. The lowest BCUT2D eigenvalue weighted by Gasteiger charge is -2.18. The van der Waals surface area contributed by atoms with Gasteiger partial charge >= 0.3 is 0 Å². The maximum Gasteiger partial charge on any atom is 0.174 e. The van der Waals surface area contributed by atoms with E-state index in [4.69, 9.17) is 10.00 Å². The van der Waals surface area contributed by atoms with Crippen LogP contribution in [0.1, 0.15) is 30.5 Å². The van der Waals surface area contributed by atoms with Gasteiger partial charge < -0.3 is 10.1 Å². The standard InChI is InChI=1S/C18H20N2O/c1-2-17(15-8-4-3-5-9-15)20-14-16-10-6-7-11-18(16)21-13-12-19/h3-11,17,20H,2,13-14H2,1H3. The molecule has 3 nitrogen and oxygen atoms in total. The summed E-state index contributed by atoms with van der Waals surface area (Å²) >= 11 is 0. The molecular formula is C18H20N2O. The van der Waals surface area contributed by atoms with Crippen molar-refractivity contribution < 1.29 is 4.74 Å². The Kier molecular flexibility index (Phi) is 5.81. The predicted molar refractivity (Wildman–Crippen MR) is 83.9 cm³/mol. The van der Waals surface area contributed by atoms with Crippen LogP contribution in [0.5, 0.6) is 5.75 Å². The molecule has 0 heterocycles. The van der Waals surface area contributed by atoms with Crippen molar-refractivity contribution in [2.24, 2.45) is 0 Å². The Morgan fingerprint density at radius 3 is 2.52 bits per heavy atom. The maximum absolute atomic E-state index is 8.63. The Bertz CT molecular complexity index is 590. The SMILES string of the molecule is CCC(NCc1ccccc1OCC#N)c1ccccc1. The second-order valence-corrected chi connectivity index (χ2v) is 4.81. The predicted octanol–water partition coefficient (Wildman–Crippen LogP) is 3.83. The van der Waals surface area contributed by atoms with Gasteiger partial charge in [-0.3, -0.25) is 0 Å². The van der Waals surface area contributed by atoms with E-state index in [1.165, 1.54) is 5.56 Å². The molecule has 0 amide bonds. The number of nitriles is 1. The molecule has 1 N–H and O–H groups in total. The third-order valence-electron chi connectivity index (χ3n) is 3.41. The van der Waals surface area contributed by atoms with E-state index in [2.05, 4.69) is 36.5 Å². The van der Waals surface area contributed by atoms with Crippen molar-refractivity contribution in [3.05, 3.63) is 65.7 Å². The van der Waals surface area contributed by atoms with E-state index in [1.54, 1.807) is 0 Å². The summed E-state index contributed by atoms with van der Waals surface area (Å²) in [7, 11) is 0. The van der Waals surface area contributed by atoms with Crippen LogP contribution in [0.25, 0.3) is 0 Å². The first-order chi connectivity index (χ1) is 10.3. The van der Waals surface area contributed by atoms with Crippen molar-refractivity contribution in [1.29, 1.82) is 5.26 Å². The normalized spacial score (nSPS) is 11.6. The van der Waals surface area contributed by atoms with Gasteiger partial charge in [0.1, 0.15) is 11.8 Å². The van der Waals surface area contributed by atoms with Crippen molar-refractivity contribution in [1.82, 2.24) is 5.32 Å². The molecule has 0 aliphatic carbocycles. The zero-order valence-corrected chi connectivity index (χ0v) is 12.3. The number of hydrogen-bond acceptors (Lipinski definition) is 3. The molecule has 2 aromatic carbocycles. The van der Waals surface area contributed by atoms with Gasteiger partial charge in [-0.2, -0.15) is 5.26 Å². The summed E-state index contributed by atoms with van der Waals surface area (Å²) in [6.07, 6.45) is 1.02. The number of rotatable bonds is 7. The molecule has 0 bridgehead atoms. The number of nitrogens with zero attached hydrogens (tertiary/aromatic N) is 1. The molecular weight excluding hydrogens is 260 g/mol. The largest absolute Gasteiger partial charge is 0.478 e. The average Bonchev–Trinajstić information content (AvgIpc) is 2.55. The van der Waals surface area contributed by atoms with E-state index in [1.807, 2.05) is 36.4 Å². The summed E-state index contributed by atoms with van der Waals surface area (Å²) in [5.41, 5.74) is 2.36. The lowest BCUT2D eigenvalue weighted by atomic mass is 10.0. The Morgan fingerprint density at radius 1 is 1.10 bits per heavy atom. The summed E-state index contributed by atoms with van der Waals surface area (Å²) in [6.45, 7) is 2.96. The Labute approximate surface area is 126 Å². The molecule has 1 atom stereocenters. The van der Waals surface area contributed by atoms with E-state index < -0.39 is 0 Å². The fraction of sp³-hybridized carbons (Fsp3) is 0.278. The lowest BCUT2D eigenvalue weighted by molar-refractivity contribution is 0.361. The van der Waals surface area contributed by atoms with Gasteiger partial charge in [0, 0.05) is 18.2 Å². The van der Waals surface area contributed by atoms with Gasteiger partial charge in [0.2, 0.25) is 0 Å². The number of para-hydroxylation sites is 1. The third kappa shape index (κ3) is 4.34. The minimum Gasteiger partial charge on any atom is -0.478 e. The molecule has 108 valence electrons. The van der Waals surface area contributed by atoms with Crippen LogP contribution in [-0.2, 0) is 6.54 Å². The van der Waals surface area contributed by atoms with Crippen LogP contribution < -0.4 is 10.1 Å². The average molecular weight is 280 g/mol. The van der Waals surface area contributed by atoms with Crippen LogP contribution in [-0.4, -0.2) is 6.61 Å². The minimum atomic E-state index is 0.0763.